The van der Waals surface area contributed by atoms with Crippen molar-refractivity contribution in [3.63, 3.8) is 0 Å². The average molecular weight is 250 g/mol. The molecule has 0 radical (unpaired) electrons. The Labute approximate surface area is 109 Å². The highest BCUT2D eigenvalue weighted by atomic mass is 16.5. The second-order valence-corrected chi connectivity index (χ2v) is 5.59. The van der Waals surface area contributed by atoms with Crippen molar-refractivity contribution in [3.8, 4) is 5.75 Å². The molecule has 0 atom stereocenters. The van der Waals surface area contributed by atoms with Gasteiger partial charge in [-0.2, -0.15) is 0 Å². The Morgan fingerprint density at radius 1 is 1.39 bits per heavy atom. The molecule has 0 aliphatic heterocycles. The van der Waals surface area contributed by atoms with Crippen LogP contribution in [0.2, 0.25) is 0 Å². The van der Waals surface area contributed by atoms with E-state index in [9.17, 15) is 9.90 Å². The Balaban J connectivity index is 3.13. The van der Waals surface area contributed by atoms with Gasteiger partial charge >= 0.3 is 5.97 Å². The average Bonchev–Trinajstić information content (AvgIpc) is 2.28. The molecule has 0 aliphatic carbocycles. The van der Waals surface area contributed by atoms with Crippen molar-refractivity contribution in [2.24, 2.45) is 5.41 Å². The monoisotopic (exact) mass is 250 g/mol. The Morgan fingerprint density at radius 3 is 2.44 bits per heavy atom. The molecule has 0 saturated heterocycles. The van der Waals surface area contributed by atoms with Gasteiger partial charge in [0.2, 0.25) is 0 Å². The number of carbonyl (C=O) groups is 1. The Kier molecular flexibility index (Phi) is 4.38. The second-order valence-electron chi connectivity index (χ2n) is 5.59. The summed E-state index contributed by atoms with van der Waals surface area (Å²) in [6, 6.07) is 6.00. The van der Waals surface area contributed by atoms with E-state index in [0.717, 1.165) is 11.3 Å². The van der Waals surface area contributed by atoms with Crippen LogP contribution in [0, 0.1) is 5.41 Å². The summed E-state index contributed by atoms with van der Waals surface area (Å²) in [5, 5.41) is 9.20. The normalized spacial score (nSPS) is 11.7. The summed E-state index contributed by atoms with van der Waals surface area (Å²) in [4.78, 5) is 11.2. The molecule has 1 rings (SSSR count). The molecule has 1 N–H and O–H groups in total. The van der Waals surface area contributed by atoms with Gasteiger partial charge in [0.15, 0.2) is 0 Å². The van der Waals surface area contributed by atoms with Crippen LogP contribution in [0.25, 0.3) is 0 Å². The molecule has 1 aromatic rings. The van der Waals surface area contributed by atoms with Gasteiger partial charge in [0, 0.05) is 0 Å². The Bertz CT molecular complexity index is 433. The number of methoxy groups -OCH3 is 1. The minimum absolute atomic E-state index is 0.419. The van der Waals surface area contributed by atoms with Crippen LogP contribution in [0.4, 0.5) is 0 Å². The van der Waals surface area contributed by atoms with Gasteiger partial charge in [-0.1, -0.05) is 26.0 Å². The number of benzene rings is 1. The van der Waals surface area contributed by atoms with E-state index in [1.807, 2.05) is 18.2 Å². The molecule has 0 spiro atoms. The molecule has 0 fully saturated rings. The zero-order valence-electron chi connectivity index (χ0n) is 11.8. The second kappa shape index (κ2) is 5.42. The standard InChI is InChI=1S/C15H22O3/c1-10(2)11-6-7-13(18-5)12(8-11)9-15(3,4)14(16)17/h6-8,10H,9H2,1-5H3,(H,16,17). The maximum atomic E-state index is 11.2. The summed E-state index contributed by atoms with van der Waals surface area (Å²) >= 11 is 0. The smallest absolute Gasteiger partial charge is 0.309 e. The fourth-order valence-corrected chi connectivity index (χ4v) is 1.85. The van der Waals surface area contributed by atoms with Crippen LogP contribution in [0.1, 0.15) is 44.7 Å². The first kappa shape index (κ1) is 14.6. The molecule has 3 nitrogen and oxygen atoms in total. The number of carboxylic acids is 1. The first-order chi connectivity index (χ1) is 8.27. The quantitative estimate of drug-likeness (QED) is 0.870. The summed E-state index contributed by atoms with van der Waals surface area (Å²) < 4.78 is 5.31. The van der Waals surface area contributed by atoms with E-state index >= 15 is 0 Å². The van der Waals surface area contributed by atoms with Gasteiger partial charge in [0.05, 0.1) is 12.5 Å². The summed E-state index contributed by atoms with van der Waals surface area (Å²) in [7, 11) is 1.61. The summed E-state index contributed by atoms with van der Waals surface area (Å²) in [6.07, 6.45) is 0.464. The molecule has 0 amide bonds. The van der Waals surface area contributed by atoms with E-state index in [1.54, 1.807) is 21.0 Å². The third-order valence-corrected chi connectivity index (χ3v) is 3.18. The predicted molar refractivity (Wildman–Crippen MR) is 72.2 cm³/mol. The van der Waals surface area contributed by atoms with Gasteiger partial charge in [0.1, 0.15) is 5.75 Å². The van der Waals surface area contributed by atoms with Crippen molar-refractivity contribution in [2.45, 2.75) is 40.0 Å². The zero-order valence-corrected chi connectivity index (χ0v) is 11.8. The van der Waals surface area contributed by atoms with Crippen LogP contribution in [-0.4, -0.2) is 18.2 Å². The van der Waals surface area contributed by atoms with E-state index in [-0.39, 0.29) is 0 Å². The van der Waals surface area contributed by atoms with E-state index < -0.39 is 11.4 Å². The van der Waals surface area contributed by atoms with Gasteiger partial charge in [-0.25, -0.2) is 0 Å². The molecule has 0 saturated carbocycles. The van der Waals surface area contributed by atoms with Gasteiger partial charge in [0.25, 0.3) is 0 Å². The van der Waals surface area contributed by atoms with E-state index in [4.69, 9.17) is 4.74 Å². The lowest BCUT2D eigenvalue weighted by atomic mass is 9.84. The molecule has 18 heavy (non-hydrogen) atoms. The van der Waals surface area contributed by atoms with Crippen molar-refractivity contribution >= 4 is 5.97 Å². The van der Waals surface area contributed by atoms with Crippen LogP contribution in [-0.2, 0) is 11.2 Å². The summed E-state index contributed by atoms with van der Waals surface area (Å²) in [6.45, 7) is 7.70. The van der Waals surface area contributed by atoms with Crippen LogP contribution < -0.4 is 4.74 Å². The van der Waals surface area contributed by atoms with Gasteiger partial charge < -0.3 is 9.84 Å². The van der Waals surface area contributed by atoms with Crippen LogP contribution in [0.5, 0.6) is 5.75 Å². The van der Waals surface area contributed by atoms with Crippen LogP contribution >= 0.6 is 0 Å². The lowest BCUT2D eigenvalue weighted by molar-refractivity contribution is -0.146. The molecule has 0 unspecified atom stereocenters. The fourth-order valence-electron chi connectivity index (χ4n) is 1.85. The number of hydrogen-bond acceptors (Lipinski definition) is 2. The highest BCUT2D eigenvalue weighted by molar-refractivity contribution is 5.74. The molecule has 1 aromatic carbocycles. The molecule has 0 heterocycles. The van der Waals surface area contributed by atoms with Gasteiger partial charge in [-0.3, -0.25) is 4.79 Å². The van der Waals surface area contributed by atoms with Crippen molar-refractivity contribution < 1.29 is 14.6 Å². The highest BCUT2D eigenvalue weighted by Crippen LogP contribution is 2.30. The Hall–Kier alpha value is -1.51. The SMILES string of the molecule is COc1ccc(C(C)C)cc1CC(C)(C)C(=O)O. The number of rotatable bonds is 5. The number of hydrogen-bond donors (Lipinski definition) is 1. The van der Waals surface area contributed by atoms with Crippen molar-refractivity contribution in [1.29, 1.82) is 0 Å². The topological polar surface area (TPSA) is 46.5 Å². The minimum Gasteiger partial charge on any atom is -0.496 e. The van der Waals surface area contributed by atoms with Crippen LogP contribution in [0.3, 0.4) is 0 Å². The number of aliphatic carboxylic acids is 1. The van der Waals surface area contributed by atoms with Gasteiger partial charge in [-0.05, 0) is 43.4 Å². The lowest BCUT2D eigenvalue weighted by Crippen LogP contribution is -2.26. The largest absolute Gasteiger partial charge is 0.496 e. The van der Waals surface area contributed by atoms with Gasteiger partial charge in [-0.15, -0.1) is 0 Å². The molecule has 0 aromatic heterocycles. The molecule has 0 aliphatic rings. The summed E-state index contributed by atoms with van der Waals surface area (Å²) in [5.41, 5.74) is 1.37. The molecule has 0 bridgehead atoms. The third kappa shape index (κ3) is 3.25. The maximum Gasteiger partial charge on any atom is 0.309 e. The van der Waals surface area contributed by atoms with E-state index in [0.29, 0.717) is 12.3 Å². The fraction of sp³-hybridized carbons (Fsp3) is 0.533. The van der Waals surface area contributed by atoms with E-state index in [2.05, 4.69) is 13.8 Å². The lowest BCUT2D eigenvalue weighted by Gasteiger charge is -2.21. The van der Waals surface area contributed by atoms with Crippen molar-refractivity contribution in [2.75, 3.05) is 7.11 Å². The first-order valence-corrected chi connectivity index (χ1v) is 6.18. The highest BCUT2D eigenvalue weighted by Gasteiger charge is 2.28. The number of ether oxygens (including phenoxy) is 1. The molecular weight excluding hydrogens is 228 g/mol. The predicted octanol–water partition coefficient (Wildman–Crippen LogP) is 3.47. The zero-order chi connectivity index (χ0) is 13.9. The van der Waals surface area contributed by atoms with Crippen LogP contribution in [0.15, 0.2) is 18.2 Å². The first-order valence-electron chi connectivity index (χ1n) is 6.18. The molecular formula is C15H22O3. The third-order valence-electron chi connectivity index (χ3n) is 3.18. The van der Waals surface area contributed by atoms with E-state index in [1.165, 1.54) is 5.56 Å². The minimum atomic E-state index is -0.792. The maximum absolute atomic E-state index is 11.2. The Morgan fingerprint density at radius 2 is 2.00 bits per heavy atom. The van der Waals surface area contributed by atoms with Crippen molar-refractivity contribution in [1.82, 2.24) is 0 Å². The van der Waals surface area contributed by atoms with Crippen molar-refractivity contribution in [3.05, 3.63) is 29.3 Å². The summed E-state index contributed by atoms with van der Waals surface area (Å²) in [5.74, 6) is 0.385. The number of carboxylic acid groups (broad SMARTS) is 1. The molecule has 3 heteroatoms. The molecule has 100 valence electrons.